The lowest BCUT2D eigenvalue weighted by atomic mass is 10.3. The lowest BCUT2D eigenvalue weighted by molar-refractivity contribution is 0.239. The van der Waals surface area contributed by atoms with Crippen LogP contribution in [0, 0.1) is 0 Å². The SMILES string of the molecule is CC.CC.CNC(=O)NC1CCN(C)C1.P. The van der Waals surface area contributed by atoms with E-state index in [9.17, 15) is 4.79 Å². The van der Waals surface area contributed by atoms with Crippen molar-refractivity contribution in [1.82, 2.24) is 15.5 Å². The number of likely N-dealkylation sites (tertiary alicyclic amines) is 1. The lowest BCUT2D eigenvalue weighted by Crippen LogP contribution is -2.41. The van der Waals surface area contributed by atoms with Gasteiger partial charge in [0.15, 0.2) is 0 Å². The van der Waals surface area contributed by atoms with Crippen LogP contribution in [0.25, 0.3) is 0 Å². The molecule has 2 unspecified atom stereocenters. The van der Waals surface area contributed by atoms with Crippen molar-refractivity contribution in [3.63, 3.8) is 0 Å². The molecule has 0 radical (unpaired) electrons. The van der Waals surface area contributed by atoms with Gasteiger partial charge in [-0.2, -0.15) is 9.90 Å². The first-order valence-corrected chi connectivity index (χ1v) is 5.89. The topological polar surface area (TPSA) is 44.4 Å². The number of rotatable bonds is 1. The molecule has 1 fully saturated rings. The van der Waals surface area contributed by atoms with Gasteiger partial charge in [-0.15, -0.1) is 0 Å². The quantitative estimate of drug-likeness (QED) is 0.697. The summed E-state index contributed by atoms with van der Waals surface area (Å²) in [5.74, 6) is 0. The highest BCUT2D eigenvalue weighted by Crippen LogP contribution is 2.05. The monoisotopic (exact) mass is 251 g/mol. The molecule has 0 aromatic carbocycles. The summed E-state index contributed by atoms with van der Waals surface area (Å²) in [6.45, 7) is 10.0. The van der Waals surface area contributed by atoms with E-state index in [4.69, 9.17) is 0 Å². The van der Waals surface area contributed by atoms with E-state index in [1.165, 1.54) is 0 Å². The van der Waals surface area contributed by atoms with E-state index >= 15 is 0 Å². The van der Waals surface area contributed by atoms with Gasteiger partial charge in [0.1, 0.15) is 0 Å². The van der Waals surface area contributed by atoms with Crippen LogP contribution in [0.1, 0.15) is 34.1 Å². The fourth-order valence-electron chi connectivity index (χ4n) is 1.31. The number of urea groups is 1. The van der Waals surface area contributed by atoms with Gasteiger partial charge in [-0.25, -0.2) is 4.79 Å². The minimum absolute atomic E-state index is 0. The van der Waals surface area contributed by atoms with Gasteiger partial charge in [0, 0.05) is 19.6 Å². The van der Waals surface area contributed by atoms with Crippen molar-refractivity contribution in [3.8, 4) is 0 Å². The third kappa shape index (κ3) is 10.2. The molecule has 0 aliphatic carbocycles. The lowest BCUT2D eigenvalue weighted by Gasteiger charge is -2.11. The first kappa shape index (κ1) is 21.0. The van der Waals surface area contributed by atoms with Crippen molar-refractivity contribution in [2.24, 2.45) is 0 Å². The van der Waals surface area contributed by atoms with Crippen molar-refractivity contribution in [3.05, 3.63) is 0 Å². The third-order valence-corrected chi connectivity index (χ3v) is 1.95. The second-order valence-electron chi connectivity index (χ2n) is 2.97. The number of likely N-dealkylation sites (N-methyl/N-ethyl adjacent to an activating group) is 1. The van der Waals surface area contributed by atoms with Crippen LogP contribution in [0.4, 0.5) is 4.79 Å². The van der Waals surface area contributed by atoms with Crippen LogP contribution < -0.4 is 10.6 Å². The highest BCUT2D eigenvalue weighted by atomic mass is 31.0. The van der Waals surface area contributed by atoms with Gasteiger partial charge in [-0.3, -0.25) is 0 Å². The first-order chi connectivity index (χ1) is 7.22. The minimum Gasteiger partial charge on any atom is -0.341 e. The molecule has 100 valence electrons. The molecule has 1 saturated heterocycles. The van der Waals surface area contributed by atoms with Crippen molar-refractivity contribution in [2.75, 3.05) is 27.2 Å². The molecule has 0 spiro atoms. The van der Waals surface area contributed by atoms with E-state index in [2.05, 4.69) is 22.6 Å². The zero-order chi connectivity index (χ0) is 12.3. The van der Waals surface area contributed by atoms with E-state index in [-0.39, 0.29) is 15.9 Å². The predicted octanol–water partition coefficient (Wildman–Crippen LogP) is 1.73. The van der Waals surface area contributed by atoms with E-state index in [1.54, 1.807) is 7.05 Å². The Morgan fingerprint density at radius 2 is 1.75 bits per heavy atom. The van der Waals surface area contributed by atoms with Crippen molar-refractivity contribution in [1.29, 1.82) is 0 Å². The number of amides is 2. The van der Waals surface area contributed by atoms with Crippen LogP contribution >= 0.6 is 9.90 Å². The summed E-state index contributed by atoms with van der Waals surface area (Å²) in [5, 5.41) is 5.41. The minimum atomic E-state index is -0.0784. The maximum absolute atomic E-state index is 10.8. The van der Waals surface area contributed by atoms with Gasteiger partial charge in [0.05, 0.1) is 0 Å². The smallest absolute Gasteiger partial charge is 0.314 e. The van der Waals surface area contributed by atoms with E-state index in [1.807, 2.05) is 27.7 Å². The molecule has 1 aliphatic rings. The Balaban J connectivity index is -0.000000305. The number of hydrogen-bond acceptors (Lipinski definition) is 2. The molecule has 1 rings (SSSR count). The van der Waals surface area contributed by atoms with Crippen LogP contribution in [-0.2, 0) is 0 Å². The molecule has 2 amide bonds. The second-order valence-corrected chi connectivity index (χ2v) is 2.97. The summed E-state index contributed by atoms with van der Waals surface area (Å²) in [4.78, 5) is 13.0. The molecule has 0 bridgehead atoms. The highest BCUT2D eigenvalue weighted by Gasteiger charge is 2.19. The van der Waals surface area contributed by atoms with Gasteiger partial charge in [0.2, 0.25) is 0 Å². The van der Waals surface area contributed by atoms with Crippen LogP contribution in [-0.4, -0.2) is 44.2 Å². The van der Waals surface area contributed by atoms with Crippen molar-refractivity contribution < 1.29 is 4.79 Å². The molecule has 2 atom stereocenters. The molecule has 1 heterocycles. The van der Waals surface area contributed by atoms with E-state index in [0.717, 1.165) is 19.5 Å². The van der Waals surface area contributed by atoms with Crippen molar-refractivity contribution in [2.45, 2.75) is 40.2 Å². The largest absolute Gasteiger partial charge is 0.341 e. The van der Waals surface area contributed by atoms with Gasteiger partial charge < -0.3 is 15.5 Å². The normalized spacial score (nSPS) is 18.0. The predicted molar refractivity (Wildman–Crippen MR) is 77.3 cm³/mol. The number of nitrogens with one attached hydrogen (secondary N) is 2. The molecular formula is C11H30N3OP. The standard InChI is InChI=1S/C7H15N3O.2C2H6.H3P/c1-8-7(11)9-6-3-4-10(2)5-6;2*1-2;/h6H,3-5H2,1-2H3,(H2,8,9,11);2*1-2H3;1H3. The van der Waals surface area contributed by atoms with Crippen LogP contribution in [0.5, 0.6) is 0 Å². The van der Waals surface area contributed by atoms with Crippen molar-refractivity contribution >= 4 is 15.9 Å². The first-order valence-electron chi connectivity index (χ1n) is 5.89. The number of nitrogens with zero attached hydrogens (tertiary/aromatic N) is 1. The van der Waals surface area contributed by atoms with E-state index in [0.29, 0.717) is 6.04 Å². The Morgan fingerprint density at radius 1 is 1.25 bits per heavy atom. The van der Waals surface area contributed by atoms with Crippen LogP contribution in [0.3, 0.4) is 0 Å². The maximum Gasteiger partial charge on any atom is 0.314 e. The summed E-state index contributed by atoms with van der Waals surface area (Å²) >= 11 is 0. The average Bonchev–Trinajstić information content (AvgIpc) is 2.69. The Hall–Kier alpha value is -0.340. The summed E-state index contributed by atoms with van der Waals surface area (Å²) in [6, 6.07) is 0.255. The Bertz CT molecular complexity index is 156. The fourth-order valence-corrected chi connectivity index (χ4v) is 1.31. The molecule has 16 heavy (non-hydrogen) atoms. The maximum atomic E-state index is 10.8. The van der Waals surface area contributed by atoms with Gasteiger partial charge in [-0.05, 0) is 20.0 Å². The molecule has 0 aromatic heterocycles. The summed E-state index contributed by atoms with van der Waals surface area (Å²) in [5.41, 5.74) is 0. The van der Waals surface area contributed by atoms with E-state index < -0.39 is 0 Å². The molecular weight excluding hydrogens is 221 g/mol. The Labute approximate surface area is 104 Å². The summed E-state index contributed by atoms with van der Waals surface area (Å²) in [7, 11) is 3.69. The number of hydrogen-bond donors (Lipinski definition) is 2. The molecule has 0 aromatic rings. The summed E-state index contributed by atoms with van der Waals surface area (Å²) in [6.07, 6.45) is 1.06. The molecule has 2 N–H and O–H groups in total. The zero-order valence-electron chi connectivity index (χ0n) is 11.8. The fraction of sp³-hybridized carbons (Fsp3) is 0.909. The summed E-state index contributed by atoms with van der Waals surface area (Å²) < 4.78 is 0. The van der Waals surface area contributed by atoms with Gasteiger partial charge in [0.25, 0.3) is 0 Å². The average molecular weight is 251 g/mol. The number of carbonyl (C=O) groups excluding carboxylic acids is 1. The molecule has 1 aliphatic heterocycles. The highest BCUT2D eigenvalue weighted by molar-refractivity contribution is 6.92. The third-order valence-electron chi connectivity index (χ3n) is 1.95. The van der Waals surface area contributed by atoms with Gasteiger partial charge in [-0.1, -0.05) is 27.7 Å². The zero-order valence-corrected chi connectivity index (χ0v) is 13.2. The molecule has 4 nitrogen and oxygen atoms in total. The molecule has 0 saturated carbocycles. The van der Waals surface area contributed by atoms with Crippen LogP contribution in [0.15, 0.2) is 0 Å². The molecule has 5 heteroatoms. The van der Waals surface area contributed by atoms with Crippen LogP contribution in [0.2, 0.25) is 0 Å². The number of carbonyl (C=O) groups is 1. The van der Waals surface area contributed by atoms with Gasteiger partial charge >= 0.3 is 6.03 Å². The Morgan fingerprint density at radius 3 is 2.06 bits per heavy atom. The Kier molecular flexibility index (Phi) is 19.2. The second kappa shape index (κ2) is 14.7.